The lowest BCUT2D eigenvalue weighted by Crippen LogP contribution is -2.14. The predicted octanol–water partition coefficient (Wildman–Crippen LogP) is 3.89. The molecule has 0 atom stereocenters. The number of rotatable bonds is 9. The molecule has 2 aromatic heterocycles. The average Bonchev–Trinajstić information content (AvgIpc) is 3.30. The number of ether oxygens (including phenoxy) is 1. The first kappa shape index (κ1) is 21.3. The summed E-state index contributed by atoms with van der Waals surface area (Å²) in [5.41, 5.74) is 1.27. The molecule has 3 rings (SSSR count). The number of carbonyl (C=O) groups is 1. The number of amides is 1. The second kappa shape index (κ2) is 9.84. The molecule has 0 bridgehead atoms. The third kappa shape index (κ3) is 5.77. The maximum Gasteiger partial charge on any atom is 0.236 e. The first-order valence-electron chi connectivity index (χ1n) is 9.33. The highest BCUT2D eigenvalue weighted by atomic mass is 32.2. The van der Waals surface area contributed by atoms with Crippen molar-refractivity contribution in [1.82, 2.24) is 25.0 Å². The molecule has 0 radical (unpaired) electrons. The Bertz CT molecular complexity index is 952. The summed E-state index contributed by atoms with van der Waals surface area (Å²) < 4.78 is 7.82. The van der Waals surface area contributed by atoms with Gasteiger partial charge < -0.3 is 9.30 Å². The largest absolute Gasteiger partial charge is 0.486 e. The maximum atomic E-state index is 12.1. The lowest BCUT2D eigenvalue weighted by molar-refractivity contribution is -0.113. The molecular weight excluding hydrogens is 408 g/mol. The van der Waals surface area contributed by atoms with Crippen LogP contribution < -0.4 is 10.1 Å². The lowest BCUT2D eigenvalue weighted by atomic mass is 10.0. The second-order valence-corrected chi connectivity index (χ2v) is 8.74. The molecule has 1 N–H and O–H groups in total. The summed E-state index contributed by atoms with van der Waals surface area (Å²) in [4.78, 5) is 12.1. The minimum absolute atomic E-state index is 0.153. The van der Waals surface area contributed by atoms with Gasteiger partial charge in [-0.25, -0.2) is 0 Å². The molecule has 8 nitrogen and oxygen atoms in total. The third-order valence-electron chi connectivity index (χ3n) is 4.13. The van der Waals surface area contributed by atoms with Gasteiger partial charge in [-0.3, -0.25) is 10.1 Å². The van der Waals surface area contributed by atoms with Crippen molar-refractivity contribution in [3.05, 3.63) is 40.7 Å². The van der Waals surface area contributed by atoms with Crippen LogP contribution in [0.5, 0.6) is 5.75 Å². The van der Waals surface area contributed by atoms with Crippen molar-refractivity contribution in [2.45, 2.75) is 51.9 Å². The van der Waals surface area contributed by atoms with Gasteiger partial charge in [0.15, 0.2) is 11.0 Å². The molecule has 1 amide bonds. The maximum absolute atomic E-state index is 12.1. The highest BCUT2D eigenvalue weighted by Gasteiger charge is 2.14. The Kier molecular flexibility index (Phi) is 7.21. The zero-order valence-corrected chi connectivity index (χ0v) is 18.5. The third-order valence-corrected chi connectivity index (χ3v) is 5.85. The van der Waals surface area contributed by atoms with E-state index in [9.17, 15) is 4.79 Å². The van der Waals surface area contributed by atoms with E-state index in [2.05, 4.69) is 51.7 Å². The molecular formula is C19H24N6O2S2. The summed E-state index contributed by atoms with van der Waals surface area (Å²) >= 11 is 2.67. The summed E-state index contributed by atoms with van der Waals surface area (Å²) in [6.45, 7) is 9.19. The van der Waals surface area contributed by atoms with E-state index in [1.54, 1.807) is 0 Å². The van der Waals surface area contributed by atoms with E-state index >= 15 is 0 Å². The van der Waals surface area contributed by atoms with Crippen LogP contribution in [-0.4, -0.2) is 36.6 Å². The quantitative estimate of drug-likeness (QED) is 0.513. The Morgan fingerprint density at radius 2 is 1.97 bits per heavy atom. The number of hydrogen-bond donors (Lipinski definition) is 1. The van der Waals surface area contributed by atoms with Crippen LogP contribution in [0.15, 0.2) is 29.4 Å². The van der Waals surface area contributed by atoms with Crippen molar-refractivity contribution in [2.75, 3.05) is 11.1 Å². The Labute approximate surface area is 178 Å². The molecule has 0 spiro atoms. The van der Waals surface area contributed by atoms with Crippen LogP contribution in [0.3, 0.4) is 0 Å². The van der Waals surface area contributed by atoms with E-state index < -0.39 is 0 Å². The van der Waals surface area contributed by atoms with Gasteiger partial charge in [-0.15, -0.1) is 20.4 Å². The standard InChI is InChI=1S/C19H24N6O2S2/c1-5-25-16(10-27-15-8-6-14(7-9-15)12(2)3)22-24-19(25)28-11-17(26)20-18-23-21-13(4)29-18/h6-9,12H,5,10-11H2,1-4H3,(H,20,23,26). The van der Waals surface area contributed by atoms with Gasteiger partial charge >= 0.3 is 0 Å². The highest BCUT2D eigenvalue weighted by molar-refractivity contribution is 7.99. The molecule has 1 aromatic carbocycles. The number of anilines is 1. The number of nitrogens with zero attached hydrogens (tertiary/aromatic N) is 5. The van der Waals surface area contributed by atoms with Gasteiger partial charge in [0.1, 0.15) is 17.4 Å². The van der Waals surface area contributed by atoms with Gasteiger partial charge in [0, 0.05) is 6.54 Å². The van der Waals surface area contributed by atoms with E-state index in [1.165, 1.54) is 28.7 Å². The fourth-order valence-electron chi connectivity index (χ4n) is 2.58. The number of aryl methyl sites for hydroxylation is 1. The number of thioether (sulfide) groups is 1. The molecule has 29 heavy (non-hydrogen) atoms. The van der Waals surface area contributed by atoms with Gasteiger partial charge in [-0.1, -0.05) is 49.1 Å². The van der Waals surface area contributed by atoms with Crippen molar-refractivity contribution in [2.24, 2.45) is 0 Å². The number of carbonyl (C=O) groups excluding carboxylic acids is 1. The zero-order chi connectivity index (χ0) is 20.8. The molecule has 0 fully saturated rings. The molecule has 0 unspecified atom stereocenters. The van der Waals surface area contributed by atoms with Crippen LogP contribution in [0.2, 0.25) is 0 Å². The molecule has 0 aliphatic carbocycles. The van der Waals surface area contributed by atoms with Crippen LogP contribution in [0.1, 0.15) is 43.1 Å². The monoisotopic (exact) mass is 432 g/mol. The summed E-state index contributed by atoms with van der Waals surface area (Å²) in [5.74, 6) is 2.07. The van der Waals surface area contributed by atoms with E-state index in [-0.39, 0.29) is 11.7 Å². The Morgan fingerprint density at radius 3 is 2.59 bits per heavy atom. The topological polar surface area (TPSA) is 94.8 Å². The van der Waals surface area contributed by atoms with E-state index in [4.69, 9.17) is 4.74 Å². The molecule has 0 aliphatic heterocycles. The molecule has 2 heterocycles. The van der Waals surface area contributed by atoms with Crippen LogP contribution in [0, 0.1) is 6.92 Å². The molecule has 0 saturated carbocycles. The van der Waals surface area contributed by atoms with Crippen LogP contribution in [-0.2, 0) is 17.9 Å². The molecule has 154 valence electrons. The fraction of sp³-hybridized carbons (Fsp3) is 0.421. The lowest BCUT2D eigenvalue weighted by Gasteiger charge is -2.10. The van der Waals surface area contributed by atoms with Crippen LogP contribution >= 0.6 is 23.1 Å². The van der Waals surface area contributed by atoms with Crippen LogP contribution in [0.25, 0.3) is 0 Å². The Hall–Kier alpha value is -2.46. The minimum Gasteiger partial charge on any atom is -0.486 e. The van der Waals surface area contributed by atoms with Crippen molar-refractivity contribution in [3.63, 3.8) is 0 Å². The van der Waals surface area contributed by atoms with Crippen molar-refractivity contribution in [3.8, 4) is 5.75 Å². The predicted molar refractivity (Wildman–Crippen MR) is 115 cm³/mol. The number of nitrogens with one attached hydrogen (secondary N) is 1. The smallest absolute Gasteiger partial charge is 0.236 e. The molecule has 10 heteroatoms. The van der Waals surface area contributed by atoms with Crippen molar-refractivity contribution in [1.29, 1.82) is 0 Å². The SMILES string of the molecule is CCn1c(COc2ccc(C(C)C)cc2)nnc1SCC(=O)Nc1nnc(C)s1. The van der Waals surface area contributed by atoms with Crippen molar-refractivity contribution < 1.29 is 9.53 Å². The molecule has 0 aliphatic rings. The van der Waals surface area contributed by atoms with Gasteiger partial charge in [-0.2, -0.15) is 0 Å². The number of benzene rings is 1. The van der Waals surface area contributed by atoms with Gasteiger partial charge in [0.05, 0.1) is 5.75 Å². The number of aromatic nitrogens is 5. The Morgan fingerprint density at radius 1 is 1.21 bits per heavy atom. The second-order valence-electron chi connectivity index (χ2n) is 6.62. The fourth-order valence-corrected chi connectivity index (χ4v) is 4.01. The summed E-state index contributed by atoms with van der Waals surface area (Å²) in [6, 6.07) is 8.09. The summed E-state index contributed by atoms with van der Waals surface area (Å²) in [6.07, 6.45) is 0. The summed E-state index contributed by atoms with van der Waals surface area (Å²) in [7, 11) is 0. The van der Waals surface area contributed by atoms with E-state index in [1.807, 2.05) is 30.5 Å². The number of hydrogen-bond acceptors (Lipinski definition) is 8. The minimum atomic E-state index is -0.153. The zero-order valence-electron chi connectivity index (χ0n) is 16.9. The van der Waals surface area contributed by atoms with Gasteiger partial charge in [0.25, 0.3) is 0 Å². The first-order chi connectivity index (χ1) is 14.0. The van der Waals surface area contributed by atoms with Gasteiger partial charge in [0.2, 0.25) is 11.0 Å². The highest BCUT2D eigenvalue weighted by Crippen LogP contribution is 2.21. The molecule has 3 aromatic rings. The Balaban J connectivity index is 1.55. The van der Waals surface area contributed by atoms with E-state index in [0.717, 1.165) is 16.6 Å². The first-order valence-corrected chi connectivity index (χ1v) is 11.1. The van der Waals surface area contributed by atoms with Gasteiger partial charge in [-0.05, 0) is 37.5 Å². The summed E-state index contributed by atoms with van der Waals surface area (Å²) in [5, 5.41) is 21.0. The normalized spacial score (nSPS) is 11.1. The van der Waals surface area contributed by atoms with Crippen LogP contribution in [0.4, 0.5) is 5.13 Å². The molecule has 0 saturated heterocycles. The van der Waals surface area contributed by atoms with E-state index in [0.29, 0.717) is 29.4 Å². The van der Waals surface area contributed by atoms with Crippen molar-refractivity contribution >= 4 is 34.1 Å². The average molecular weight is 433 g/mol.